The third-order valence-electron chi connectivity index (χ3n) is 3.17. The molecule has 22 heavy (non-hydrogen) atoms. The molecule has 5 heteroatoms. The molecule has 0 saturated heterocycles. The summed E-state index contributed by atoms with van der Waals surface area (Å²) < 4.78 is 18.0. The number of hydrogen-bond donors (Lipinski definition) is 1. The van der Waals surface area contributed by atoms with Crippen molar-refractivity contribution in [3.05, 3.63) is 78.1 Å². The summed E-state index contributed by atoms with van der Waals surface area (Å²) in [5, 5.41) is 2.75. The second-order valence-corrected chi connectivity index (χ2v) is 4.70. The van der Waals surface area contributed by atoms with Crippen molar-refractivity contribution in [1.82, 2.24) is 10.3 Å². The van der Waals surface area contributed by atoms with E-state index in [0.29, 0.717) is 23.6 Å². The normalized spacial score (nSPS) is 10.4. The molecular formula is C17H13FN2O2. The SMILES string of the molecule is O=C(NCc1ccco1)c1ccc(-c2ccc(F)cc2)nc1. The summed E-state index contributed by atoms with van der Waals surface area (Å²) in [5.74, 6) is 0.163. The van der Waals surface area contributed by atoms with Gasteiger partial charge in [-0.05, 0) is 48.5 Å². The highest BCUT2D eigenvalue weighted by Gasteiger charge is 2.07. The van der Waals surface area contributed by atoms with Gasteiger partial charge < -0.3 is 9.73 Å². The number of furan rings is 1. The van der Waals surface area contributed by atoms with E-state index < -0.39 is 0 Å². The lowest BCUT2D eigenvalue weighted by atomic mass is 10.1. The fourth-order valence-corrected chi connectivity index (χ4v) is 2.00. The first-order valence-corrected chi connectivity index (χ1v) is 6.75. The molecule has 3 rings (SSSR count). The number of aromatic nitrogens is 1. The second-order valence-electron chi connectivity index (χ2n) is 4.70. The Labute approximate surface area is 126 Å². The number of pyridine rings is 1. The van der Waals surface area contributed by atoms with Crippen molar-refractivity contribution in [3.63, 3.8) is 0 Å². The van der Waals surface area contributed by atoms with E-state index in [1.165, 1.54) is 18.3 Å². The number of benzene rings is 1. The van der Waals surface area contributed by atoms with E-state index in [2.05, 4.69) is 10.3 Å². The van der Waals surface area contributed by atoms with Crippen LogP contribution in [0, 0.1) is 5.82 Å². The smallest absolute Gasteiger partial charge is 0.253 e. The predicted octanol–water partition coefficient (Wildman–Crippen LogP) is 3.41. The molecule has 110 valence electrons. The number of carbonyl (C=O) groups excluding carboxylic acids is 1. The maximum atomic E-state index is 12.9. The summed E-state index contributed by atoms with van der Waals surface area (Å²) in [6, 6.07) is 13.0. The van der Waals surface area contributed by atoms with E-state index in [1.807, 2.05) is 0 Å². The molecule has 0 aliphatic carbocycles. The molecule has 0 atom stereocenters. The molecule has 0 aliphatic rings. The summed E-state index contributed by atoms with van der Waals surface area (Å²) in [6.45, 7) is 0.325. The first kappa shape index (κ1) is 14.0. The Hall–Kier alpha value is -2.95. The molecule has 2 heterocycles. The summed E-state index contributed by atoms with van der Waals surface area (Å²) >= 11 is 0. The number of amides is 1. The van der Waals surface area contributed by atoms with Crippen LogP contribution in [0.1, 0.15) is 16.1 Å². The molecule has 0 unspecified atom stereocenters. The van der Waals surface area contributed by atoms with Crippen LogP contribution < -0.4 is 5.32 Å². The van der Waals surface area contributed by atoms with Gasteiger partial charge in [0.25, 0.3) is 5.91 Å². The van der Waals surface area contributed by atoms with Gasteiger partial charge in [-0.1, -0.05) is 0 Å². The van der Waals surface area contributed by atoms with Crippen molar-refractivity contribution in [3.8, 4) is 11.3 Å². The number of nitrogens with one attached hydrogen (secondary N) is 1. The number of halogens is 1. The second kappa shape index (κ2) is 6.22. The molecule has 0 fully saturated rings. The van der Waals surface area contributed by atoms with E-state index in [4.69, 9.17) is 4.42 Å². The van der Waals surface area contributed by atoms with Crippen molar-refractivity contribution in [2.45, 2.75) is 6.54 Å². The number of nitrogens with zero attached hydrogens (tertiary/aromatic N) is 1. The first-order chi connectivity index (χ1) is 10.7. The molecule has 1 aromatic carbocycles. The monoisotopic (exact) mass is 296 g/mol. The van der Waals surface area contributed by atoms with Gasteiger partial charge in [0, 0.05) is 11.8 Å². The van der Waals surface area contributed by atoms with Crippen molar-refractivity contribution in [2.75, 3.05) is 0 Å². The number of hydrogen-bond acceptors (Lipinski definition) is 3. The molecule has 1 N–H and O–H groups in total. The minimum atomic E-state index is -0.294. The Morgan fingerprint density at radius 2 is 1.95 bits per heavy atom. The lowest BCUT2D eigenvalue weighted by molar-refractivity contribution is 0.0947. The van der Waals surface area contributed by atoms with Crippen LogP contribution in [-0.2, 0) is 6.54 Å². The molecule has 0 saturated carbocycles. The quantitative estimate of drug-likeness (QED) is 0.802. The molecular weight excluding hydrogens is 283 g/mol. The molecule has 1 amide bonds. The van der Waals surface area contributed by atoms with Gasteiger partial charge in [0.15, 0.2) is 0 Å². The highest BCUT2D eigenvalue weighted by atomic mass is 19.1. The minimum absolute atomic E-state index is 0.227. The molecule has 0 bridgehead atoms. The topological polar surface area (TPSA) is 55.1 Å². The van der Waals surface area contributed by atoms with Crippen molar-refractivity contribution < 1.29 is 13.6 Å². The zero-order chi connectivity index (χ0) is 15.4. The zero-order valence-corrected chi connectivity index (χ0v) is 11.6. The van der Waals surface area contributed by atoms with Gasteiger partial charge in [0.1, 0.15) is 11.6 Å². The zero-order valence-electron chi connectivity index (χ0n) is 11.6. The Kier molecular flexibility index (Phi) is 3.96. The largest absolute Gasteiger partial charge is 0.467 e. The Morgan fingerprint density at radius 3 is 2.59 bits per heavy atom. The lowest BCUT2D eigenvalue weighted by Gasteiger charge is -2.05. The van der Waals surface area contributed by atoms with Crippen LogP contribution in [0.3, 0.4) is 0 Å². The van der Waals surface area contributed by atoms with Gasteiger partial charge in [0.2, 0.25) is 0 Å². The maximum absolute atomic E-state index is 12.9. The molecule has 4 nitrogen and oxygen atoms in total. The van der Waals surface area contributed by atoms with Crippen LogP contribution >= 0.6 is 0 Å². The Bertz CT molecular complexity index is 750. The number of carbonyl (C=O) groups is 1. The van der Waals surface area contributed by atoms with Gasteiger partial charge in [-0.25, -0.2) is 4.39 Å². The van der Waals surface area contributed by atoms with E-state index in [9.17, 15) is 9.18 Å². The lowest BCUT2D eigenvalue weighted by Crippen LogP contribution is -2.22. The third kappa shape index (κ3) is 3.20. The average Bonchev–Trinajstić information content (AvgIpc) is 3.07. The Balaban J connectivity index is 1.68. The minimum Gasteiger partial charge on any atom is -0.467 e. The van der Waals surface area contributed by atoms with Gasteiger partial charge in [0.05, 0.1) is 24.1 Å². The Morgan fingerprint density at radius 1 is 1.14 bits per heavy atom. The highest BCUT2D eigenvalue weighted by molar-refractivity contribution is 5.94. The van der Waals surface area contributed by atoms with Crippen LogP contribution in [0.5, 0.6) is 0 Å². The summed E-state index contributed by atoms with van der Waals surface area (Å²) in [4.78, 5) is 16.2. The van der Waals surface area contributed by atoms with Crippen molar-refractivity contribution in [1.29, 1.82) is 0 Å². The van der Waals surface area contributed by atoms with Crippen LogP contribution in [0.4, 0.5) is 4.39 Å². The molecule has 3 aromatic rings. The van der Waals surface area contributed by atoms with Crippen LogP contribution in [-0.4, -0.2) is 10.9 Å². The van der Waals surface area contributed by atoms with Crippen molar-refractivity contribution in [2.24, 2.45) is 0 Å². The van der Waals surface area contributed by atoms with E-state index >= 15 is 0 Å². The standard InChI is InChI=1S/C17H13FN2O2/c18-14-6-3-12(4-7-14)16-8-5-13(10-19-16)17(21)20-11-15-2-1-9-22-15/h1-10H,11H2,(H,20,21). The molecule has 0 spiro atoms. The third-order valence-corrected chi connectivity index (χ3v) is 3.17. The summed E-state index contributed by atoms with van der Waals surface area (Å²) in [7, 11) is 0. The molecule has 0 radical (unpaired) electrons. The van der Waals surface area contributed by atoms with Crippen molar-refractivity contribution >= 4 is 5.91 Å². The average molecular weight is 296 g/mol. The summed E-state index contributed by atoms with van der Waals surface area (Å²) in [5.41, 5.74) is 1.93. The fraction of sp³-hybridized carbons (Fsp3) is 0.0588. The summed E-state index contributed by atoms with van der Waals surface area (Å²) in [6.07, 6.45) is 3.05. The molecule has 0 aliphatic heterocycles. The van der Waals surface area contributed by atoms with Gasteiger partial charge in [-0.15, -0.1) is 0 Å². The maximum Gasteiger partial charge on any atom is 0.253 e. The van der Waals surface area contributed by atoms with Crippen LogP contribution in [0.25, 0.3) is 11.3 Å². The van der Waals surface area contributed by atoms with Crippen LogP contribution in [0.2, 0.25) is 0 Å². The number of rotatable bonds is 4. The highest BCUT2D eigenvalue weighted by Crippen LogP contribution is 2.17. The van der Waals surface area contributed by atoms with E-state index in [0.717, 1.165) is 5.56 Å². The van der Waals surface area contributed by atoms with E-state index in [-0.39, 0.29) is 11.7 Å². The first-order valence-electron chi connectivity index (χ1n) is 6.75. The van der Waals surface area contributed by atoms with Gasteiger partial charge in [-0.3, -0.25) is 9.78 Å². The fourth-order valence-electron chi connectivity index (χ4n) is 2.00. The van der Waals surface area contributed by atoms with Crippen LogP contribution in [0.15, 0.2) is 65.4 Å². The van der Waals surface area contributed by atoms with Gasteiger partial charge in [-0.2, -0.15) is 0 Å². The van der Waals surface area contributed by atoms with Gasteiger partial charge >= 0.3 is 0 Å². The molecule has 2 aromatic heterocycles. The van der Waals surface area contributed by atoms with E-state index in [1.54, 1.807) is 42.7 Å². The predicted molar refractivity (Wildman–Crippen MR) is 79.5 cm³/mol.